The monoisotopic (exact) mass is 258 g/mol. The number of nitrogens with zero attached hydrogens (tertiary/aromatic N) is 1. The zero-order chi connectivity index (χ0) is 13.1. The fourth-order valence-electron chi connectivity index (χ4n) is 3.16. The first-order valence-electron chi connectivity index (χ1n) is 7.27. The van der Waals surface area contributed by atoms with Crippen LogP contribution in [0.15, 0.2) is 34.9 Å². The van der Waals surface area contributed by atoms with Gasteiger partial charge in [0.15, 0.2) is 0 Å². The van der Waals surface area contributed by atoms with Gasteiger partial charge in [-0.15, -0.1) is 0 Å². The third kappa shape index (κ3) is 2.67. The van der Waals surface area contributed by atoms with E-state index in [0.717, 1.165) is 25.1 Å². The smallest absolute Gasteiger partial charge is 0.134 e. The number of piperidine rings is 1. The third-order valence-corrected chi connectivity index (χ3v) is 4.18. The van der Waals surface area contributed by atoms with E-state index in [1.807, 2.05) is 18.4 Å². The molecule has 2 aromatic rings. The molecule has 0 radical (unpaired) electrons. The number of likely N-dealkylation sites (tertiary alicyclic amines) is 1. The molecule has 102 valence electrons. The second kappa shape index (κ2) is 5.76. The van der Waals surface area contributed by atoms with Gasteiger partial charge in [-0.2, -0.15) is 0 Å². The maximum absolute atomic E-state index is 5.74. The molecule has 1 unspecified atom stereocenters. The average molecular weight is 258 g/mol. The Morgan fingerprint density at radius 3 is 3.05 bits per heavy atom. The van der Waals surface area contributed by atoms with E-state index < -0.39 is 0 Å². The Morgan fingerprint density at radius 2 is 2.16 bits per heavy atom. The highest BCUT2D eigenvalue weighted by atomic mass is 16.3. The molecule has 0 spiro atoms. The third-order valence-electron chi connectivity index (χ3n) is 4.18. The first-order valence-corrected chi connectivity index (χ1v) is 7.27. The quantitative estimate of drug-likeness (QED) is 0.916. The van der Waals surface area contributed by atoms with Gasteiger partial charge < -0.3 is 10.2 Å². The molecule has 3 nitrogen and oxygen atoms in total. The number of fused-ring (bicyclic) bond motifs is 1. The van der Waals surface area contributed by atoms with Crippen LogP contribution in [0.25, 0.3) is 11.0 Å². The summed E-state index contributed by atoms with van der Waals surface area (Å²) in [7, 11) is 0. The van der Waals surface area contributed by atoms with Crippen molar-refractivity contribution in [3.05, 3.63) is 36.1 Å². The molecule has 0 aliphatic carbocycles. The van der Waals surface area contributed by atoms with Gasteiger partial charge in [-0.05, 0) is 38.4 Å². The molecule has 0 amide bonds. The Hall–Kier alpha value is -1.32. The summed E-state index contributed by atoms with van der Waals surface area (Å²) in [5, 5.41) is 1.25. The zero-order valence-electron chi connectivity index (χ0n) is 11.3. The lowest BCUT2D eigenvalue weighted by Gasteiger charge is -2.35. The Balaban J connectivity index is 1.79. The summed E-state index contributed by atoms with van der Waals surface area (Å²) in [6.07, 6.45) is 6.95. The zero-order valence-corrected chi connectivity index (χ0v) is 11.3. The minimum absolute atomic E-state index is 0.646. The Labute approximate surface area is 114 Å². The molecular formula is C16H22N2O. The summed E-state index contributed by atoms with van der Waals surface area (Å²) in [6.45, 7) is 2.96. The van der Waals surface area contributed by atoms with E-state index in [4.69, 9.17) is 10.2 Å². The molecule has 3 heteroatoms. The van der Waals surface area contributed by atoms with Crippen molar-refractivity contribution >= 4 is 11.0 Å². The van der Waals surface area contributed by atoms with Crippen LogP contribution < -0.4 is 5.73 Å². The molecule has 1 aromatic heterocycles. The first kappa shape index (κ1) is 12.7. The average Bonchev–Trinajstić information content (AvgIpc) is 2.85. The lowest BCUT2D eigenvalue weighted by atomic mass is 9.98. The standard InChI is InChI=1S/C16H22N2O/c17-9-8-14-5-3-4-10-18(14)11-13-12-19-16-7-2-1-6-15(13)16/h1-2,6-7,12,14H,3-5,8-11,17H2. The number of hydrogen-bond acceptors (Lipinski definition) is 3. The fourth-order valence-corrected chi connectivity index (χ4v) is 3.16. The van der Waals surface area contributed by atoms with Gasteiger partial charge in [-0.3, -0.25) is 4.90 Å². The number of furan rings is 1. The van der Waals surface area contributed by atoms with Gasteiger partial charge >= 0.3 is 0 Å². The molecule has 1 atom stereocenters. The van der Waals surface area contributed by atoms with E-state index in [9.17, 15) is 0 Å². The van der Waals surface area contributed by atoms with Crippen molar-refractivity contribution in [3.8, 4) is 0 Å². The van der Waals surface area contributed by atoms with Crippen molar-refractivity contribution < 1.29 is 4.42 Å². The van der Waals surface area contributed by atoms with E-state index in [-0.39, 0.29) is 0 Å². The summed E-state index contributed by atoms with van der Waals surface area (Å²) in [5.74, 6) is 0. The predicted octanol–water partition coefficient (Wildman–Crippen LogP) is 3.14. The van der Waals surface area contributed by atoms with Crippen LogP contribution >= 0.6 is 0 Å². The van der Waals surface area contributed by atoms with Gasteiger partial charge in [0.05, 0.1) is 6.26 Å². The molecular weight excluding hydrogens is 236 g/mol. The highest BCUT2D eigenvalue weighted by Gasteiger charge is 2.22. The fraction of sp³-hybridized carbons (Fsp3) is 0.500. The van der Waals surface area contributed by atoms with E-state index in [2.05, 4.69) is 17.0 Å². The molecule has 19 heavy (non-hydrogen) atoms. The van der Waals surface area contributed by atoms with Gasteiger partial charge in [-0.1, -0.05) is 24.6 Å². The lowest BCUT2D eigenvalue weighted by Crippen LogP contribution is -2.40. The molecule has 3 rings (SSSR count). The Morgan fingerprint density at radius 1 is 1.26 bits per heavy atom. The van der Waals surface area contributed by atoms with E-state index >= 15 is 0 Å². The molecule has 0 bridgehead atoms. The molecule has 1 aliphatic rings. The maximum Gasteiger partial charge on any atom is 0.134 e. The van der Waals surface area contributed by atoms with Gasteiger partial charge in [0.25, 0.3) is 0 Å². The molecule has 0 saturated carbocycles. The highest BCUT2D eigenvalue weighted by Crippen LogP contribution is 2.26. The topological polar surface area (TPSA) is 42.4 Å². The Kier molecular flexibility index (Phi) is 3.85. The summed E-state index contributed by atoms with van der Waals surface area (Å²) in [4.78, 5) is 2.58. The molecule has 1 saturated heterocycles. The van der Waals surface area contributed by atoms with Crippen LogP contribution in [0.5, 0.6) is 0 Å². The summed E-state index contributed by atoms with van der Waals surface area (Å²) < 4.78 is 5.63. The van der Waals surface area contributed by atoms with Crippen LogP contribution in [0.2, 0.25) is 0 Å². The summed E-state index contributed by atoms with van der Waals surface area (Å²) in [5.41, 5.74) is 8.04. The largest absolute Gasteiger partial charge is 0.464 e. The van der Waals surface area contributed by atoms with Gasteiger partial charge in [0.1, 0.15) is 5.58 Å². The molecule has 1 aliphatic heterocycles. The molecule has 2 N–H and O–H groups in total. The Bertz CT molecular complexity index is 532. The normalized spacial score (nSPS) is 21.0. The highest BCUT2D eigenvalue weighted by molar-refractivity contribution is 5.80. The summed E-state index contributed by atoms with van der Waals surface area (Å²) >= 11 is 0. The van der Waals surface area contributed by atoms with Crippen LogP contribution in [0.4, 0.5) is 0 Å². The van der Waals surface area contributed by atoms with E-state index in [1.165, 1.54) is 36.8 Å². The molecule has 1 aromatic carbocycles. The SMILES string of the molecule is NCCC1CCCCN1Cc1coc2ccccc12. The van der Waals surface area contributed by atoms with E-state index in [0.29, 0.717) is 6.04 Å². The van der Waals surface area contributed by atoms with Crippen LogP contribution in [-0.2, 0) is 6.54 Å². The second-order valence-electron chi connectivity index (χ2n) is 5.45. The van der Waals surface area contributed by atoms with Gasteiger partial charge in [0.2, 0.25) is 0 Å². The number of hydrogen-bond donors (Lipinski definition) is 1. The first-order chi connectivity index (χ1) is 9.38. The van der Waals surface area contributed by atoms with Crippen LogP contribution in [0.3, 0.4) is 0 Å². The number of rotatable bonds is 4. The van der Waals surface area contributed by atoms with Crippen molar-refractivity contribution in [1.29, 1.82) is 0 Å². The lowest BCUT2D eigenvalue weighted by molar-refractivity contribution is 0.134. The minimum Gasteiger partial charge on any atom is -0.464 e. The molecule has 1 fully saturated rings. The second-order valence-corrected chi connectivity index (χ2v) is 5.45. The van der Waals surface area contributed by atoms with Crippen molar-refractivity contribution in [2.75, 3.05) is 13.1 Å². The summed E-state index contributed by atoms with van der Waals surface area (Å²) in [6, 6.07) is 8.93. The van der Waals surface area contributed by atoms with Gasteiger partial charge in [0, 0.05) is 23.5 Å². The number of benzene rings is 1. The van der Waals surface area contributed by atoms with Crippen molar-refractivity contribution in [2.45, 2.75) is 38.3 Å². The van der Waals surface area contributed by atoms with E-state index in [1.54, 1.807) is 0 Å². The van der Waals surface area contributed by atoms with Crippen LogP contribution in [-0.4, -0.2) is 24.0 Å². The van der Waals surface area contributed by atoms with Gasteiger partial charge in [-0.25, -0.2) is 0 Å². The molecule has 2 heterocycles. The maximum atomic E-state index is 5.74. The number of para-hydroxylation sites is 1. The van der Waals surface area contributed by atoms with Crippen LogP contribution in [0, 0.1) is 0 Å². The van der Waals surface area contributed by atoms with Crippen LogP contribution in [0.1, 0.15) is 31.2 Å². The number of nitrogens with two attached hydrogens (primary N) is 1. The minimum atomic E-state index is 0.646. The van der Waals surface area contributed by atoms with Crippen molar-refractivity contribution in [3.63, 3.8) is 0 Å². The van der Waals surface area contributed by atoms with Crippen molar-refractivity contribution in [2.24, 2.45) is 5.73 Å². The predicted molar refractivity (Wildman–Crippen MR) is 77.9 cm³/mol. The van der Waals surface area contributed by atoms with Crippen molar-refractivity contribution in [1.82, 2.24) is 4.90 Å².